The van der Waals surface area contributed by atoms with Gasteiger partial charge in [0, 0.05) is 11.3 Å². The van der Waals surface area contributed by atoms with Crippen LogP contribution in [0.15, 0.2) is 48.5 Å². The average molecular weight is 377 g/mol. The van der Waals surface area contributed by atoms with Crippen molar-refractivity contribution in [2.24, 2.45) is 0 Å². The van der Waals surface area contributed by atoms with Gasteiger partial charge in [-0.15, -0.1) is 0 Å². The van der Waals surface area contributed by atoms with Gasteiger partial charge in [-0.2, -0.15) is 0 Å². The van der Waals surface area contributed by atoms with Crippen LogP contribution in [0.4, 0.5) is 5.69 Å². The Labute approximate surface area is 151 Å². The molecule has 1 atom stereocenters. The molecule has 0 unspecified atom stereocenters. The lowest BCUT2D eigenvalue weighted by atomic mass is 10.1. The van der Waals surface area contributed by atoms with E-state index in [9.17, 15) is 18.0 Å². The summed E-state index contributed by atoms with van der Waals surface area (Å²) in [4.78, 5) is 24.4. The zero-order chi connectivity index (χ0) is 19.3. The molecule has 138 valence electrons. The molecule has 0 saturated heterocycles. The minimum absolute atomic E-state index is 0.131. The number of Topliss-reactive ketones (excluding diaryl/α,β-unsaturated/α-hetero) is 1. The van der Waals surface area contributed by atoms with E-state index in [4.69, 9.17) is 9.84 Å². The van der Waals surface area contributed by atoms with E-state index in [0.717, 1.165) is 6.26 Å². The van der Waals surface area contributed by atoms with Crippen LogP contribution in [0, 0.1) is 0 Å². The first-order chi connectivity index (χ1) is 12.2. The fourth-order valence-corrected chi connectivity index (χ4v) is 2.74. The molecule has 2 rings (SSSR count). The molecule has 8 heteroatoms. The molecule has 2 aromatic carbocycles. The maximum Gasteiger partial charge on any atom is 0.338 e. The van der Waals surface area contributed by atoms with E-state index in [1.54, 1.807) is 12.1 Å². The number of anilines is 1. The van der Waals surface area contributed by atoms with Crippen LogP contribution in [0.2, 0.25) is 0 Å². The lowest BCUT2D eigenvalue weighted by Gasteiger charge is -2.13. The van der Waals surface area contributed by atoms with E-state index in [-0.39, 0.29) is 12.2 Å². The van der Waals surface area contributed by atoms with Gasteiger partial charge in [0.05, 0.1) is 18.4 Å². The molecular weight excluding hydrogens is 358 g/mol. The summed E-state index contributed by atoms with van der Waals surface area (Å²) in [5.74, 6) is -1.05. The van der Waals surface area contributed by atoms with Crippen molar-refractivity contribution in [3.63, 3.8) is 0 Å². The second-order valence-corrected chi connectivity index (χ2v) is 7.47. The van der Waals surface area contributed by atoms with Crippen LogP contribution >= 0.6 is 0 Å². The quantitative estimate of drug-likeness (QED) is 0.564. The zero-order valence-electron chi connectivity index (χ0n) is 14.3. The first kappa shape index (κ1) is 19.6. The summed E-state index contributed by atoms with van der Waals surface area (Å²) >= 11 is 0. The molecule has 0 aliphatic carbocycles. The van der Waals surface area contributed by atoms with Gasteiger partial charge in [-0.25, -0.2) is 13.2 Å². The number of rotatable bonds is 7. The van der Waals surface area contributed by atoms with Crippen LogP contribution in [-0.2, 0) is 21.4 Å². The maximum atomic E-state index is 12.4. The van der Waals surface area contributed by atoms with Crippen LogP contribution in [0.3, 0.4) is 0 Å². The molecule has 0 heterocycles. The second-order valence-electron chi connectivity index (χ2n) is 5.72. The molecule has 0 fully saturated rings. The highest BCUT2D eigenvalue weighted by Gasteiger charge is 2.20. The van der Waals surface area contributed by atoms with E-state index in [2.05, 4.69) is 4.72 Å². The highest BCUT2D eigenvalue weighted by atomic mass is 32.2. The second kappa shape index (κ2) is 8.11. The Morgan fingerprint density at radius 2 is 1.58 bits per heavy atom. The number of aliphatic hydroxyl groups excluding tert-OH is 1. The van der Waals surface area contributed by atoms with E-state index in [1.807, 2.05) is 0 Å². The standard InChI is InChI=1S/C18H19NO6S/c1-12(25-18(22)15-5-3-13(11-20)4-6-15)17(21)14-7-9-16(10-8-14)19-26(2,23)24/h3-10,12,19-20H,11H2,1-2H3/t12-/m1/s1. The van der Waals surface area contributed by atoms with Crippen molar-refractivity contribution in [2.45, 2.75) is 19.6 Å². The number of carbonyl (C=O) groups excluding carboxylic acids is 2. The van der Waals surface area contributed by atoms with Gasteiger partial charge in [-0.1, -0.05) is 12.1 Å². The molecule has 0 aromatic heterocycles. The Morgan fingerprint density at radius 3 is 2.08 bits per heavy atom. The molecule has 0 spiro atoms. The Morgan fingerprint density at radius 1 is 1.04 bits per heavy atom. The molecule has 0 bridgehead atoms. The number of nitrogens with one attached hydrogen (secondary N) is 1. The Hall–Kier alpha value is -2.71. The Bertz CT molecular complexity index is 888. The molecule has 26 heavy (non-hydrogen) atoms. The van der Waals surface area contributed by atoms with E-state index >= 15 is 0 Å². The first-order valence-corrected chi connectivity index (χ1v) is 9.61. The summed E-state index contributed by atoms with van der Waals surface area (Å²) in [7, 11) is -3.40. The molecule has 0 aliphatic heterocycles. The van der Waals surface area contributed by atoms with Gasteiger partial charge in [0.1, 0.15) is 0 Å². The number of sulfonamides is 1. The number of hydrogen-bond acceptors (Lipinski definition) is 6. The maximum absolute atomic E-state index is 12.4. The van der Waals surface area contributed by atoms with Gasteiger partial charge in [-0.3, -0.25) is 9.52 Å². The number of hydrogen-bond donors (Lipinski definition) is 2. The van der Waals surface area contributed by atoms with Crippen molar-refractivity contribution in [1.29, 1.82) is 0 Å². The van der Waals surface area contributed by atoms with Gasteiger partial charge >= 0.3 is 5.97 Å². The number of ketones is 1. The molecule has 2 N–H and O–H groups in total. The smallest absolute Gasteiger partial charge is 0.338 e. The van der Waals surface area contributed by atoms with E-state index in [0.29, 0.717) is 16.8 Å². The van der Waals surface area contributed by atoms with Gasteiger partial charge < -0.3 is 9.84 Å². The van der Waals surface area contributed by atoms with Gasteiger partial charge in [0.15, 0.2) is 6.10 Å². The third kappa shape index (κ3) is 5.40. The van der Waals surface area contributed by atoms with Crippen molar-refractivity contribution in [2.75, 3.05) is 11.0 Å². The number of aliphatic hydroxyl groups is 1. The highest BCUT2D eigenvalue weighted by molar-refractivity contribution is 7.92. The predicted molar refractivity (Wildman–Crippen MR) is 96.5 cm³/mol. The van der Waals surface area contributed by atoms with Crippen molar-refractivity contribution in [3.05, 3.63) is 65.2 Å². The number of benzene rings is 2. The fourth-order valence-electron chi connectivity index (χ4n) is 2.18. The van der Waals surface area contributed by atoms with Crippen LogP contribution in [0.25, 0.3) is 0 Å². The van der Waals surface area contributed by atoms with E-state index in [1.165, 1.54) is 43.3 Å². The molecular formula is C18H19NO6S. The van der Waals surface area contributed by atoms with Crippen molar-refractivity contribution < 1.29 is 27.9 Å². The lowest BCUT2D eigenvalue weighted by molar-refractivity contribution is 0.0319. The number of carbonyl (C=O) groups is 2. The Kier molecular flexibility index (Phi) is 6.12. The average Bonchev–Trinajstić information content (AvgIpc) is 2.60. The normalized spacial score (nSPS) is 12.3. The summed E-state index contributed by atoms with van der Waals surface area (Å²) < 4.78 is 29.8. The van der Waals surface area contributed by atoms with Crippen molar-refractivity contribution in [3.8, 4) is 0 Å². The predicted octanol–water partition coefficient (Wildman–Crippen LogP) is 1.98. The lowest BCUT2D eigenvalue weighted by Crippen LogP contribution is -2.24. The summed E-state index contributed by atoms with van der Waals surface area (Å²) in [6.45, 7) is 1.33. The minimum Gasteiger partial charge on any atom is -0.451 e. The molecule has 0 radical (unpaired) electrons. The van der Waals surface area contributed by atoms with Gasteiger partial charge in [-0.05, 0) is 48.9 Å². The SMILES string of the molecule is C[C@@H](OC(=O)c1ccc(CO)cc1)C(=O)c1ccc(NS(C)(=O)=O)cc1. The van der Waals surface area contributed by atoms with Gasteiger partial charge in [0.25, 0.3) is 0 Å². The fraction of sp³-hybridized carbons (Fsp3) is 0.222. The zero-order valence-corrected chi connectivity index (χ0v) is 15.1. The van der Waals surface area contributed by atoms with Crippen molar-refractivity contribution >= 4 is 27.5 Å². The highest BCUT2D eigenvalue weighted by Crippen LogP contribution is 2.14. The van der Waals surface area contributed by atoms with Crippen LogP contribution in [0.5, 0.6) is 0 Å². The third-order valence-corrected chi connectivity index (χ3v) is 4.10. The number of ether oxygens (including phenoxy) is 1. The monoisotopic (exact) mass is 377 g/mol. The molecule has 0 aliphatic rings. The van der Waals surface area contributed by atoms with Crippen LogP contribution in [0.1, 0.15) is 33.2 Å². The summed E-state index contributed by atoms with van der Waals surface area (Å²) in [6, 6.07) is 12.0. The molecule has 2 aromatic rings. The third-order valence-electron chi connectivity index (χ3n) is 3.50. The summed E-state index contributed by atoms with van der Waals surface area (Å²) in [6.07, 6.45) is 0.0227. The van der Waals surface area contributed by atoms with Crippen LogP contribution in [-0.4, -0.2) is 37.6 Å². The van der Waals surface area contributed by atoms with Crippen molar-refractivity contribution in [1.82, 2.24) is 0 Å². The molecule has 0 saturated carbocycles. The largest absolute Gasteiger partial charge is 0.451 e. The summed E-state index contributed by atoms with van der Waals surface area (Å²) in [5.41, 5.74) is 1.56. The summed E-state index contributed by atoms with van der Waals surface area (Å²) in [5, 5.41) is 8.99. The molecule has 0 amide bonds. The van der Waals surface area contributed by atoms with Gasteiger partial charge in [0.2, 0.25) is 15.8 Å². The number of esters is 1. The minimum atomic E-state index is -3.40. The first-order valence-electron chi connectivity index (χ1n) is 7.72. The molecule has 7 nitrogen and oxygen atoms in total. The van der Waals surface area contributed by atoms with Crippen LogP contribution < -0.4 is 4.72 Å². The van der Waals surface area contributed by atoms with E-state index < -0.39 is 27.9 Å². The Balaban J connectivity index is 2.03. The topological polar surface area (TPSA) is 110 Å².